The van der Waals surface area contributed by atoms with Crippen LogP contribution < -0.4 is 0 Å². The van der Waals surface area contributed by atoms with Crippen LogP contribution in [0.5, 0.6) is 0 Å². The molecule has 0 aliphatic rings. The third-order valence-corrected chi connectivity index (χ3v) is 8.98. The maximum absolute atomic E-state index is 14.1. The lowest BCUT2D eigenvalue weighted by atomic mass is 9.84. The van der Waals surface area contributed by atoms with Gasteiger partial charge in [-0.1, -0.05) is 72.7 Å². The van der Waals surface area contributed by atoms with Crippen molar-refractivity contribution in [3.8, 4) is 0 Å². The van der Waals surface area contributed by atoms with E-state index in [2.05, 4.69) is 41.5 Å². The van der Waals surface area contributed by atoms with E-state index < -0.39 is 18.2 Å². The zero-order valence-corrected chi connectivity index (χ0v) is 22.6. The zero-order chi connectivity index (χ0) is 24.8. The number of carbonyl (C=O) groups excluding carboxylic acids is 2. The van der Waals surface area contributed by atoms with E-state index in [9.17, 15) is 14.2 Å². The minimum absolute atomic E-state index is 0.0183. The molecule has 0 saturated carbocycles. The summed E-state index contributed by atoms with van der Waals surface area (Å²) >= 11 is 0. The highest BCUT2D eigenvalue weighted by Crippen LogP contribution is 2.53. The fourth-order valence-electron chi connectivity index (χ4n) is 4.21. The fraction of sp³-hybridized carbons (Fsp3) is 0.500. The predicted octanol–water partition coefficient (Wildman–Crippen LogP) is 7.88. The summed E-state index contributed by atoms with van der Waals surface area (Å²) in [5.41, 5.74) is 5.04. The molecule has 0 bridgehead atoms. The van der Waals surface area contributed by atoms with Gasteiger partial charge in [0.1, 0.15) is 0 Å². The van der Waals surface area contributed by atoms with Gasteiger partial charge in [0.15, 0.2) is 0 Å². The minimum atomic E-state index is -3.82. The van der Waals surface area contributed by atoms with Crippen LogP contribution in [0.15, 0.2) is 24.3 Å². The average Bonchev–Trinajstić information content (AvgIpc) is 2.64. The van der Waals surface area contributed by atoms with Crippen molar-refractivity contribution in [3.05, 3.63) is 68.8 Å². The second-order valence-electron chi connectivity index (χ2n) is 11.1. The Balaban J connectivity index is 2.64. The largest absolute Gasteiger partial charge is 0.307 e. The molecule has 2 rings (SSSR count). The van der Waals surface area contributed by atoms with Crippen LogP contribution in [0.2, 0.25) is 0 Å². The quantitative estimate of drug-likeness (QED) is 0.432. The maximum atomic E-state index is 14.1. The third kappa shape index (κ3) is 4.84. The van der Waals surface area contributed by atoms with Crippen LogP contribution in [0.3, 0.4) is 0 Å². The van der Waals surface area contributed by atoms with Gasteiger partial charge >= 0.3 is 0 Å². The first-order chi connectivity index (χ1) is 14.4. The summed E-state index contributed by atoms with van der Waals surface area (Å²) in [6.45, 7) is 21.9. The molecule has 0 radical (unpaired) electrons. The lowest BCUT2D eigenvalue weighted by Gasteiger charge is -2.25. The first-order valence-electron chi connectivity index (χ1n) is 11.4. The smallest absolute Gasteiger partial charge is 0.229 e. The molecule has 32 heavy (non-hydrogen) atoms. The van der Waals surface area contributed by atoms with Gasteiger partial charge in [-0.2, -0.15) is 0 Å². The molecule has 4 heteroatoms. The van der Waals surface area contributed by atoms with Gasteiger partial charge < -0.3 is 4.57 Å². The Kier molecular flexibility index (Phi) is 7.18. The van der Waals surface area contributed by atoms with E-state index >= 15 is 0 Å². The Hall–Kier alpha value is -1.99. The highest BCUT2D eigenvalue weighted by atomic mass is 31.2. The van der Waals surface area contributed by atoms with Crippen LogP contribution in [0.25, 0.3) is 0 Å². The zero-order valence-electron chi connectivity index (χ0n) is 21.7. The second-order valence-corrected chi connectivity index (χ2v) is 14.1. The molecule has 0 unspecified atom stereocenters. The molecule has 0 heterocycles. The summed E-state index contributed by atoms with van der Waals surface area (Å²) in [5.74, 6) is 0. The first-order valence-corrected chi connectivity index (χ1v) is 13.3. The average molecular weight is 455 g/mol. The second kappa shape index (κ2) is 8.75. The standard InChI is InChI=1S/C28H39O3P/c1-12-32(31,25(29)23-17(2)13-21(14-18(23)3)27(6,7)8)26(30)24-19(4)15-22(16-20(24)5)28(9,10)11/h13-16H,12H2,1-11H3. The molecule has 174 valence electrons. The number of aryl methyl sites for hydroxylation is 4. The van der Waals surface area contributed by atoms with E-state index in [0.29, 0.717) is 11.1 Å². The van der Waals surface area contributed by atoms with E-state index in [1.54, 1.807) is 6.92 Å². The molecule has 0 atom stereocenters. The van der Waals surface area contributed by atoms with Crippen LogP contribution in [0.1, 0.15) is 103 Å². The number of carbonyl (C=O) groups is 2. The van der Waals surface area contributed by atoms with Gasteiger partial charge in [0.25, 0.3) is 0 Å². The molecule has 3 nitrogen and oxygen atoms in total. The van der Waals surface area contributed by atoms with Gasteiger partial charge in [0.05, 0.1) is 0 Å². The lowest BCUT2D eigenvalue weighted by Crippen LogP contribution is -2.19. The molecular weight excluding hydrogens is 415 g/mol. The summed E-state index contributed by atoms with van der Waals surface area (Å²) in [5, 5.41) is 0. The summed E-state index contributed by atoms with van der Waals surface area (Å²) in [6, 6.07) is 7.94. The van der Waals surface area contributed by atoms with Crippen molar-refractivity contribution in [3.63, 3.8) is 0 Å². The summed E-state index contributed by atoms with van der Waals surface area (Å²) in [4.78, 5) is 27.4. The molecule has 2 aromatic carbocycles. The molecule has 0 saturated heterocycles. The first kappa shape index (κ1) is 26.3. The molecule has 0 fully saturated rings. The molecule has 0 aromatic heterocycles. The van der Waals surface area contributed by atoms with E-state index in [4.69, 9.17) is 0 Å². The SMILES string of the molecule is CCP(=O)(C(=O)c1c(C)cc(C(C)(C)C)cc1C)C(=O)c1c(C)cc(C(C)(C)C)cc1C. The molecule has 0 aliphatic heterocycles. The van der Waals surface area contributed by atoms with Gasteiger partial charge in [-0.15, -0.1) is 0 Å². The molecule has 0 N–H and O–H groups in total. The molecule has 0 amide bonds. The van der Waals surface area contributed by atoms with Gasteiger partial charge in [0, 0.05) is 17.3 Å². The number of rotatable bonds is 5. The van der Waals surface area contributed by atoms with E-state index in [0.717, 1.165) is 33.4 Å². The van der Waals surface area contributed by atoms with E-state index in [-0.39, 0.29) is 17.0 Å². The Morgan fingerprint density at radius 2 is 0.906 bits per heavy atom. The molecule has 0 aliphatic carbocycles. The monoisotopic (exact) mass is 454 g/mol. The summed E-state index contributed by atoms with van der Waals surface area (Å²) in [7, 11) is -3.82. The predicted molar refractivity (Wildman–Crippen MR) is 136 cm³/mol. The normalized spacial score (nSPS) is 12.7. The summed E-state index contributed by atoms with van der Waals surface area (Å²) in [6.07, 6.45) is 0.0183. The minimum Gasteiger partial charge on any atom is -0.307 e. The van der Waals surface area contributed by atoms with Gasteiger partial charge in [-0.3, -0.25) is 9.59 Å². The number of hydrogen-bond donors (Lipinski definition) is 0. The van der Waals surface area contributed by atoms with Crippen molar-refractivity contribution in [1.82, 2.24) is 0 Å². The van der Waals surface area contributed by atoms with E-state index in [1.165, 1.54) is 0 Å². The maximum Gasteiger partial charge on any atom is 0.229 e. The van der Waals surface area contributed by atoms with Gasteiger partial charge in [-0.05, 0) is 71.9 Å². The highest BCUT2D eigenvalue weighted by molar-refractivity contribution is 7.95. The van der Waals surface area contributed by atoms with Crippen molar-refractivity contribution in [1.29, 1.82) is 0 Å². The molecule has 0 spiro atoms. The third-order valence-electron chi connectivity index (χ3n) is 6.33. The Bertz CT molecular complexity index is 993. The lowest BCUT2D eigenvalue weighted by molar-refractivity contribution is 0.103. The highest BCUT2D eigenvalue weighted by Gasteiger charge is 2.41. The van der Waals surface area contributed by atoms with Crippen molar-refractivity contribution in [2.45, 2.75) is 87.0 Å². The topological polar surface area (TPSA) is 51.2 Å². The van der Waals surface area contributed by atoms with Gasteiger partial charge in [-0.25, -0.2) is 0 Å². The number of benzene rings is 2. The number of hydrogen-bond acceptors (Lipinski definition) is 3. The fourth-order valence-corrected chi connectivity index (χ4v) is 6.40. The van der Waals surface area contributed by atoms with Gasteiger partial charge in [0.2, 0.25) is 18.2 Å². The van der Waals surface area contributed by atoms with Crippen LogP contribution in [0.4, 0.5) is 0 Å². The Labute approximate surface area is 194 Å². The van der Waals surface area contributed by atoms with Crippen molar-refractivity contribution in [2.24, 2.45) is 0 Å². The molecular formula is C28H39O3P. The van der Waals surface area contributed by atoms with Crippen molar-refractivity contribution >= 4 is 18.2 Å². The van der Waals surface area contributed by atoms with Crippen LogP contribution in [0, 0.1) is 27.7 Å². The van der Waals surface area contributed by atoms with E-state index in [1.807, 2.05) is 52.0 Å². The summed E-state index contributed by atoms with van der Waals surface area (Å²) < 4.78 is 14.1. The Morgan fingerprint density at radius 1 is 0.656 bits per heavy atom. The van der Waals surface area contributed by atoms with Crippen molar-refractivity contribution in [2.75, 3.05) is 6.16 Å². The van der Waals surface area contributed by atoms with Crippen LogP contribution in [-0.4, -0.2) is 17.2 Å². The Morgan fingerprint density at radius 3 is 1.09 bits per heavy atom. The van der Waals surface area contributed by atoms with Crippen molar-refractivity contribution < 1.29 is 14.2 Å². The molecule has 2 aromatic rings. The van der Waals surface area contributed by atoms with Crippen LogP contribution >= 0.6 is 7.14 Å². The van der Waals surface area contributed by atoms with Crippen LogP contribution in [-0.2, 0) is 15.4 Å².